The van der Waals surface area contributed by atoms with Crippen LogP contribution < -0.4 is 0 Å². The second kappa shape index (κ2) is 9.56. The van der Waals surface area contributed by atoms with Crippen molar-refractivity contribution >= 4 is 0 Å². The van der Waals surface area contributed by atoms with Crippen LogP contribution in [0.5, 0.6) is 0 Å². The van der Waals surface area contributed by atoms with Gasteiger partial charge in [-0.3, -0.25) is 0 Å². The highest BCUT2D eigenvalue weighted by Crippen LogP contribution is 2.60. The van der Waals surface area contributed by atoms with E-state index < -0.39 is 5.60 Å². The molecule has 0 heterocycles. The quantitative estimate of drug-likeness (QED) is 0.438. The van der Waals surface area contributed by atoms with Crippen molar-refractivity contribution in [2.75, 3.05) is 0 Å². The Hall–Kier alpha value is -0.860. The molecule has 2 nitrogen and oxygen atoms in total. The van der Waals surface area contributed by atoms with Crippen LogP contribution >= 0.6 is 0 Å². The lowest BCUT2D eigenvalue weighted by molar-refractivity contribution is 0.0447. The molecule has 0 spiro atoms. The van der Waals surface area contributed by atoms with Gasteiger partial charge in [0.15, 0.2) is 0 Å². The molecule has 0 amide bonds. The number of hydrogen-bond donors (Lipinski definition) is 2. The lowest BCUT2D eigenvalue weighted by atomic mass is 9.59. The molecule has 0 aliphatic heterocycles. The fraction of sp³-hybridized carbons (Fsp3) is 0.793. The van der Waals surface area contributed by atoms with Gasteiger partial charge >= 0.3 is 0 Å². The molecule has 176 valence electrons. The van der Waals surface area contributed by atoms with Gasteiger partial charge in [0.25, 0.3) is 0 Å². The molecule has 3 aliphatic rings. The first-order valence-electron chi connectivity index (χ1n) is 12.9. The van der Waals surface area contributed by atoms with Gasteiger partial charge in [0, 0.05) is 0 Å². The highest BCUT2D eigenvalue weighted by Gasteiger charge is 2.51. The fourth-order valence-electron chi connectivity index (χ4n) is 7.06. The van der Waals surface area contributed by atoms with Crippen molar-refractivity contribution < 1.29 is 10.2 Å². The van der Waals surface area contributed by atoms with Gasteiger partial charge in [-0.2, -0.15) is 0 Å². The molecule has 3 aliphatic carbocycles. The fourth-order valence-corrected chi connectivity index (χ4v) is 7.06. The minimum Gasteiger partial charge on any atom is -0.390 e. The Bertz CT molecular complexity index is 693. The van der Waals surface area contributed by atoms with E-state index in [1.807, 2.05) is 13.8 Å². The van der Waals surface area contributed by atoms with Gasteiger partial charge < -0.3 is 10.2 Å². The van der Waals surface area contributed by atoms with Crippen LogP contribution in [-0.4, -0.2) is 21.9 Å². The van der Waals surface area contributed by atoms with Crippen LogP contribution in [0.4, 0.5) is 0 Å². The van der Waals surface area contributed by atoms with Gasteiger partial charge in [0.1, 0.15) is 0 Å². The van der Waals surface area contributed by atoms with Crippen LogP contribution in [0.3, 0.4) is 0 Å². The van der Waals surface area contributed by atoms with Crippen LogP contribution in [0.25, 0.3) is 0 Å². The topological polar surface area (TPSA) is 40.5 Å². The standard InChI is InChI=1S/C29H48O2/c1-19(14-16-28(5,6)31)21(3)25-12-13-26-24(9-8-15-29(25,26)7)11-10-23-17-20(2)22(4)27(30)18-23/h10-11,19-21,25-27,30-31H,4,8-9,12-18H2,1-3,5-7H3/b23-10+,24-11+/t19?,20?,21-,25?,26?,27-,29?/m1/s1. The zero-order chi connectivity index (χ0) is 23.0. The maximum atomic E-state index is 10.3. The van der Waals surface area contributed by atoms with Crippen molar-refractivity contribution in [1.82, 2.24) is 0 Å². The summed E-state index contributed by atoms with van der Waals surface area (Å²) in [6.07, 6.45) is 14.8. The zero-order valence-electron chi connectivity index (χ0n) is 21.1. The van der Waals surface area contributed by atoms with Crippen molar-refractivity contribution in [3.63, 3.8) is 0 Å². The van der Waals surface area contributed by atoms with E-state index in [2.05, 4.69) is 46.4 Å². The number of rotatable bonds is 6. The van der Waals surface area contributed by atoms with Crippen LogP contribution in [-0.2, 0) is 0 Å². The lowest BCUT2D eigenvalue weighted by Gasteiger charge is -2.45. The van der Waals surface area contributed by atoms with Crippen molar-refractivity contribution in [3.8, 4) is 0 Å². The van der Waals surface area contributed by atoms with E-state index in [1.165, 1.54) is 37.7 Å². The molecule has 7 atom stereocenters. The predicted octanol–water partition coefficient (Wildman–Crippen LogP) is 7.23. The van der Waals surface area contributed by atoms with Gasteiger partial charge in [0.05, 0.1) is 11.7 Å². The van der Waals surface area contributed by atoms with Gasteiger partial charge in [-0.1, -0.05) is 57.6 Å². The van der Waals surface area contributed by atoms with E-state index in [0.717, 1.165) is 37.2 Å². The average molecular weight is 429 g/mol. The maximum Gasteiger partial charge on any atom is 0.0787 e. The first kappa shape index (κ1) is 24.8. The molecule has 0 bridgehead atoms. The first-order chi connectivity index (χ1) is 14.4. The van der Waals surface area contributed by atoms with E-state index in [-0.39, 0.29) is 6.10 Å². The monoisotopic (exact) mass is 428 g/mol. The molecular formula is C29H48O2. The van der Waals surface area contributed by atoms with E-state index in [4.69, 9.17) is 0 Å². The van der Waals surface area contributed by atoms with Crippen LogP contribution in [0.15, 0.2) is 35.5 Å². The molecule has 0 aromatic rings. The minimum atomic E-state index is -0.555. The normalized spacial score (nSPS) is 39.0. The number of allylic oxidation sites excluding steroid dienone is 3. The Balaban J connectivity index is 1.71. The smallest absolute Gasteiger partial charge is 0.0787 e. The predicted molar refractivity (Wildman–Crippen MR) is 132 cm³/mol. The lowest BCUT2D eigenvalue weighted by Crippen LogP contribution is -2.37. The number of aliphatic hydroxyl groups excluding tert-OH is 1. The third-order valence-corrected chi connectivity index (χ3v) is 9.40. The summed E-state index contributed by atoms with van der Waals surface area (Å²) in [4.78, 5) is 0. The maximum absolute atomic E-state index is 10.3. The largest absolute Gasteiger partial charge is 0.390 e. The molecule has 0 aromatic heterocycles. The third-order valence-electron chi connectivity index (χ3n) is 9.40. The van der Waals surface area contributed by atoms with E-state index >= 15 is 0 Å². The van der Waals surface area contributed by atoms with E-state index in [1.54, 1.807) is 5.57 Å². The van der Waals surface area contributed by atoms with Gasteiger partial charge in [-0.05, 0) is 112 Å². The van der Waals surface area contributed by atoms with Gasteiger partial charge in [-0.25, -0.2) is 0 Å². The summed E-state index contributed by atoms with van der Waals surface area (Å²) in [5, 5.41) is 20.5. The Morgan fingerprint density at radius 2 is 1.90 bits per heavy atom. The van der Waals surface area contributed by atoms with Gasteiger partial charge in [0.2, 0.25) is 0 Å². The summed E-state index contributed by atoms with van der Waals surface area (Å²) in [7, 11) is 0. The first-order valence-corrected chi connectivity index (χ1v) is 12.9. The SMILES string of the molecule is C=C1C(C)C/C(=C\C=C2/CCCC3(C)C2CCC3[C@H](C)C(C)CCC(C)(C)O)C[C@H]1O. The number of hydrogen-bond acceptors (Lipinski definition) is 2. The molecule has 3 saturated carbocycles. The van der Waals surface area contributed by atoms with Crippen LogP contribution in [0.1, 0.15) is 99.3 Å². The average Bonchev–Trinajstić information content (AvgIpc) is 3.04. The highest BCUT2D eigenvalue weighted by atomic mass is 16.3. The molecule has 3 fully saturated rings. The molecule has 2 heteroatoms. The summed E-state index contributed by atoms with van der Waals surface area (Å²) in [5.74, 6) is 3.24. The summed E-state index contributed by atoms with van der Waals surface area (Å²) in [6, 6.07) is 0. The number of fused-ring (bicyclic) bond motifs is 1. The number of aliphatic hydroxyl groups is 2. The molecular weight excluding hydrogens is 380 g/mol. The van der Waals surface area contributed by atoms with Crippen LogP contribution in [0.2, 0.25) is 0 Å². The summed E-state index contributed by atoms with van der Waals surface area (Å²) in [5.41, 5.74) is 3.91. The molecule has 0 saturated heterocycles. The van der Waals surface area contributed by atoms with Crippen molar-refractivity contribution in [3.05, 3.63) is 35.5 Å². The Labute approximate surface area is 191 Å². The van der Waals surface area contributed by atoms with Crippen molar-refractivity contribution in [2.45, 2.75) is 111 Å². The summed E-state index contributed by atoms with van der Waals surface area (Å²) >= 11 is 0. The van der Waals surface area contributed by atoms with Gasteiger partial charge in [-0.15, -0.1) is 0 Å². The van der Waals surface area contributed by atoms with E-state index in [9.17, 15) is 10.2 Å². The van der Waals surface area contributed by atoms with E-state index in [0.29, 0.717) is 29.1 Å². The zero-order valence-corrected chi connectivity index (χ0v) is 21.1. The molecule has 3 rings (SSSR count). The molecule has 0 aromatic carbocycles. The van der Waals surface area contributed by atoms with Crippen molar-refractivity contribution in [2.24, 2.45) is 35.0 Å². The highest BCUT2D eigenvalue weighted by molar-refractivity contribution is 5.29. The van der Waals surface area contributed by atoms with Crippen molar-refractivity contribution in [1.29, 1.82) is 0 Å². The second-order valence-corrected chi connectivity index (χ2v) is 12.2. The third kappa shape index (κ3) is 5.56. The summed E-state index contributed by atoms with van der Waals surface area (Å²) in [6.45, 7) is 17.6. The molecule has 2 N–H and O–H groups in total. The summed E-state index contributed by atoms with van der Waals surface area (Å²) < 4.78 is 0. The van der Waals surface area contributed by atoms with Crippen LogP contribution in [0, 0.1) is 35.0 Å². The second-order valence-electron chi connectivity index (χ2n) is 12.2. The Kier molecular flexibility index (Phi) is 7.64. The minimum absolute atomic E-state index is 0.368. The Morgan fingerprint density at radius 3 is 2.55 bits per heavy atom. The molecule has 0 radical (unpaired) electrons. The molecule has 5 unspecified atom stereocenters. The molecule has 31 heavy (non-hydrogen) atoms. The Morgan fingerprint density at radius 1 is 1.19 bits per heavy atom.